The highest BCUT2D eigenvalue weighted by molar-refractivity contribution is 7.99. The lowest BCUT2D eigenvalue weighted by Crippen LogP contribution is -2.32. The van der Waals surface area contributed by atoms with Crippen LogP contribution in [0.5, 0.6) is 0 Å². The second-order valence-electron chi connectivity index (χ2n) is 7.06. The number of carboxylic acids is 1. The van der Waals surface area contributed by atoms with Gasteiger partial charge in [0.25, 0.3) is 0 Å². The van der Waals surface area contributed by atoms with Gasteiger partial charge in [-0.3, -0.25) is 4.79 Å². The highest BCUT2D eigenvalue weighted by Crippen LogP contribution is 2.13. The van der Waals surface area contributed by atoms with Crippen LogP contribution in [0.2, 0.25) is 0 Å². The van der Waals surface area contributed by atoms with Crippen LogP contribution in [0.25, 0.3) is 0 Å². The highest BCUT2D eigenvalue weighted by atomic mass is 32.2. The van der Waals surface area contributed by atoms with E-state index in [1.165, 1.54) is 22.9 Å². The number of rotatable bonds is 14. The molecule has 0 fully saturated rings. The van der Waals surface area contributed by atoms with Gasteiger partial charge in [0.1, 0.15) is 6.04 Å². The van der Waals surface area contributed by atoms with Crippen LogP contribution in [0, 0.1) is 0 Å². The molecule has 0 saturated heterocycles. The van der Waals surface area contributed by atoms with E-state index in [4.69, 9.17) is 17.7 Å². The molecule has 1 rings (SSSR count). The van der Waals surface area contributed by atoms with Crippen molar-refractivity contribution < 1.29 is 16.8 Å². The average Bonchev–Trinajstić information content (AvgIpc) is 2.78. The molecule has 29 heavy (non-hydrogen) atoms. The molecule has 160 valence electrons. The van der Waals surface area contributed by atoms with Crippen molar-refractivity contribution in [1.29, 1.82) is 0 Å². The number of carbonyl (C=O) groups is 1. The predicted molar refractivity (Wildman–Crippen MR) is 128 cm³/mol. The number of carboxylic acid groups (broad SMARTS) is 1. The van der Waals surface area contributed by atoms with Crippen LogP contribution in [0.1, 0.15) is 53.3 Å². The number of hydrogen-bond donors (Lipinski definition) is 3. The van der Waals surface area contributed by atoms with Gasteiger partial charge in [-0.05, 0) is 58.5 Å². The maximum Gasteiger partial charge on any atom is 0.321 e. The van der Waals surface area contributed by atoms with Gasteiger partial charge in [0, 0.05) is 23.7 Å². The van der Waals surface area contributed by atoms with Gasteiger partial charge in [0.15, 0.2) is 0 Å². The molecule has 0 unspecified atom stereocenters. The van der Waals surface area contributed by atoms with Crippen molar-refractivity contribution in [2.24, 2.45) is 5.73 Å². The van der Waals surface area contributed by atoms with E-state index in [0.717, 1.165) is 37.0 Å². The molecule has 4 nitrogen and oxygen atoms in total. The van der Waals surface area contributed by atoms with Crippen molar-refractivity contribution >= 4 is 23.4 Å². The molecule has 0 bridgehead atoms. The van der Waals surface area contributed by atoms with E-state index in [0.29, 0.717) is 12.3 Å². The van der Waals surface area contributed by atoms with Crippen molar-refractivity contribution in [3.8, 4) is 0 Å². The van der Waals surface area contributed by atoms with Crippen molar-refractivity contribution in [3.63, 3.8) is 0 Å². The Bertz CT molecular complexity index is 919. The number of nitrogens with two attached hydrogens (primary N) is 1. The largest absolute Gasteiger partial charge is 0.480 e. The maximum atomic E-state index is 10.7. The van der Waals surface area contributed by atoms with Gasteiger partial charge >= 0.3 is 5.97 Å². The first-order chi connectivity index (χ1) is 16.0. The fraction of sp³-hybridized carbons (Fsp3) is 0.458. The Kier molecular flexibility index (Phi) is 9.19. The number of hydrogen-bond acceptors (Lipinski definition) is 4. The number of aliphatic carboxylic acids is 1. The summed E-state index contributed by atoms with van der Waals surface area (Å²) in [6.45, 7) is 6.55. The van der Waals surface area contributed by atoms with E-state index < -0.39 is 12.0 Å². The molecule has 0 aromatic heterocycles. The first-order valence-electron chi connectivity index (χ1n) is 12.3. The zero-order chi connectivity index (χ0) is 25.8. The van der Waals surface area contributed by atoms with Crippen molar-refractivity contribution in [2.45, 2.75) is 52.5 Å². The summed E-state index contributed by atoms with van der Waals surface area (Å²) in [5.74, 6) is 0.198. The number of benzene rings is 1. The Morgan fingerprint density at radius 1 is 1.10 bits per heavy atom. The van der Waals surface area contributed by atoms with Gasteiger partial charge in [-0.2, -0.15) is 11.8 Å². The first kappa shape index (κ1) is 17.8. The summed E-state index contributed by atoms with van der Waals surface area (Å²) in [4.78, 5) is 10.7. The third-order valence-electron chi connectivity index (χ3n) is 4.27. The van der Waals surface area contributed by atoms with Gasteiger partial charge in [-0.25, -0.2) is 0 Å². The Hall–Kier alpha value is -1.98. The number of para-hydroxylation sites is 1. The van der Waals surface area contributed by atoms with Crippen LogP contribution < -0.4 is 11.1 Å². The smallest absolute Gasteiger partial charge is 0.321 e. The van der Waals surface area contributed by atoms with E-state index in [1.54, 1.807) is 0 Å². The lowest BCUT2D eigenvalue weighted by Gasteiger charge is -2.07. The number of nitrogens with one attached hydrogen (secondary N) is 1. The molecule has 0 spiro atoms. The summed E-state index contributed by atoms with van der Waals surface area (Å²) in [5, 5.41) is 11.8. The van der Waals surface area contributed by atoms with E-state index >= 15 is 0 Å². The summed E-state index contributed by atoms with van der Waals surface area (Å²) in [5.41, 5.74) is 9.23. The fourth-order valence-electron chi connectivity index (χ4n) is 2.40. The summed E-state index contributed by atoms with van der Waals surface area (Å²) in [6, 6.07) is -2.31. The minimum atomic E-state index is -0.968. The van der Waals surface area contributed by atoms with E-state index in [2.05, 4.69) is 37.4 Å². The molecule has 1 aromatic carbocycles. The molecule has 0 saturated carbocycles. The van der Waals surface area contributed by atoms with Crippen LogP contribution in [0.4, 0.5) is 5.69 Å². The normalized spacial score (nSPS) is 16.4. The van der Waals surface area contributed by atoms with Gasteiger partial charge in [0.05, 0.1) is 6.85 Å². The monoisotopic (exact) mass is 421 g/mol. The molecule has 0 radical (unpaired) electrons. The van der Waals surface area contributed by atoms with E-state index in [9.17, 15) is 4.79 Å². The molecule has 4 N–H and O–H groups in total. The Labute approximate surface area is 187 Å². The quantitative estimate of drug-likeness (QED) is 0.268. The van der Waals surface area contributed by atoms with Crippen LogP contribution in [-0.4, -0.2) is 35.2 Å². The Balaban J connectivity index is 2.41. The molecule has 1 aromatic rings. The van der Waals surface area contributed by atoms with Crippen molar-refractivity contribution in [1.82, 2.24) is 0 Å². The molecule has 0 aliphatic carbocycles. The Morgan fingerprint density at radius 3 is 2.31 bits per heavy atom. The number of anilines is 1. The minimum Gasteiger partial charge on any atom is -0.480 e. The lowest BCUT2D eigenvalue weighted by atomic mass is 10.1. The molecular formula is C24H36N2O2S. The van der Waals surface area contributed by atoms with Crippen LogP contribution >= 0.6 is 11.8 Å². The number of thioether (sulfide) groups is 1. The lowest BCUT2D eigenvalue weighted by molar-refractivity contribution is -0.137. The zero-order valence-corrected chi connectivity index (χ0v) is 18.4. The molecule has 1 atom stereocenters. The SMILES string of the molecule is [2H]c1c([2H])c([2H])c(NC/C(C)=C/CC/C(C)=C/CC/C(C)=C/CSC[C@H](N)C(=O)O)c([2H])c1[2H]. The van der Waals surface area contributed by atoms with Crippen LogP contribution in [-0.2, 0) is 4.79 Å². The molecular weight excluding hydrogens is 380 g/mol. The maximum absolute atomic E-state index is 10.7. The third kappa shape index (κ3) is 13.0. The highest BCUT2D eigenvalue weighted by Gasteiger charge is 2.09. The molecule has 0 amide bonds. The predicted octanol–water partition coefficient (Wildman–Crippen LogP) is 5.64. The van der Waals surface area contributed by atoms with Crippen LogP contribution in [0.3, 0.4) is 0 Å². The van der Waals surface area contributed by atoms with Gasteiger partial charge in [-0.1, -0.05) is 53.1 Å². The van der Waals surface area contributed by atoms with Gasteiger partial charge in [-0.15, -0.1) is 0 Å². The summed E-state index contributed by atoms with van der Waals surface area (Å²) in [6.07, 6.45) is 10.2. The standard InChI is InChI=1S/C24H36N2O2S/c1-19(9-7-11-20(2)15-16-29-18-23(25)24(27)28)10-8-12-21(3)17-26-22-13-5-4-6-14-22/h4-6,9,12-15,23,26H,7-8,10-11,16-18,25H2,1-3H3,(H,27,28)/b19-9+,20-15+,21-12+/t23-/m0/s1/i4D,5D,6D,13D,14D. The molecule has 0 aliphatic rings. The van der Waals surface area contributed by atoms with Crippen LogP contribution in [0.15, 0.2) is 65.2 Å². The van der Waals surface area contributed by atoms with Crippen molar-refractivity contribution in [2.75, 3.05) is 23.4 Å². The summed E-state index contributed by atoms with van der Waals surface area (Å²) >= 11 is 1.52. The van der Waals surface area contributed by atoms with E-state index in [1.807, 2.05) is 6.92 Å². The summed E-state index contributed by atoms with van der Waals surface area (Å²) in [7, 11) is 0. The molecule has 0 heterocycles. The topological polar surface area (TPSA) is 75.3 Å². The molecule has 5 heteroatoms. The van der Waals surface area contributed by atoms with Gasteiger partial charge < -0.3 is 16.2 Å². The molecule has 0 aliphatic heterocycles. The second-order valence-corrected chi connectivity index (χ2v) is 8.14. The zero-order valence-electron chi connectivity index (χ0n) is 22.6. The minimum absolute atomic E-state index is 0.126. The van der Waals surface area contributed by atoms with Gasteiger partial charge in [0.2, 0.25) is 0 Å². The fourth-order valence-corrected chi connectivity index (χ4v) is 3.34. The first-order valence-corrected chi connectivity index (χ1v) is 10.9. The summed E-state index contributed by atoms with van der Waals surface area (Å²) < 4.78 is 39.0. The van der Waals surface area contributed by atoms with E-state index in [-0.39, 0.29) is 35.9 Å². The van der Waals surface area contributed by atoms with Crippen molar-refractivity contribution in [3.05, 3.63) is 65.2 Å². The Morgan fingerprint density at radius 2 is 1.69 bits per heavy atom. The number of allylic oxidation sites excluding steroid dienone is 4. The second kappa shape index (κ2) is 14.9. The average molecular weight is 422 g/mol. The third-order valence-corrected chi connectivity index (χ3v) is 5.27.